The van der Waals surface area contributed by atoms with E-state index >= 15 is 0 Å². The molecule has 0 aliphatic heterocycles. The highest BCUT2D eigenvalue weighted by molar-refractivity contribution is 7.16. The minimum atomic E-state index is -0.745. The van der Waals surface area contributed by atoms with Crippen LogP contribution < -0.4 is 10.6 Å². The van der Waals surface area contributed by atoms with Gasteiger partial charge in [-0.2, -0.15) is 0 Å². The lowest BCUT2D eigenvalue weighted by molar-refractivity contribution is 0.176. The summed E-state index contributed by atoms with van der Waals surface area (Å²) in [4.78, 5) is 16.5. The molecule has 2 rings (SSSR count). The molecule has 0 aromatic carbocycles. The Labute approximate surface area is 138 Å². The van der Waals surface area contributed by atoms with Crippen molar-refractivity contribution < 1.29 is 9.90 Å². The summed E-state index contributed by atoms with van der Waals surface area (Å²) in [6.07, 6.45) is 3.54. The number of nitrogens with zero attached hydrogens (tertiary/aromatic N) is 1. The Kier molecular flexibility index (Phi) is 6.18. The van der Waals surface area contributed by atoms with Crippen LogP contribution in [-0.4, -0.2) is 29.2 Å². The fraction of sp³-hybridized carbons (Fsp3) is 0.333. The summed E-state index contributed by atoms with van der Waals surface area (Å²) >= 11 is 7.11. The third-order valence-corrected chi connectivity index (χ3v) is 4.53. The van der Waals surface area contributed by atoms with Gasteiger partial charge in [0.1, 0.15) is 6.10 Å². The van der Waals surface area contributed by atoms with E-state index in [1.165, 1.54) is 11.3 Å². The molecule has 0 bridgehead atoms. The number of hydrogen-bond acceptors (Lipinski definition) is 4. The molecule has 0 aliphatic rings. The molecule has 1 unspecified atom stereocenters. The molecule has 118 valence electrons. The van der Waals surface area contributed by atoms with Crippen LogP contribution in [0.1, 0.15) is 22.1 Å². The van der Waals surface area contributed by atoms with Crippen molar-refractivity contribution in [2.45, 2.75) is 19.4 Å². The molecule has 0 aliphatic carbocycles. The van der Waals surface area contributed by atoms with Crippen molar-refractivity contribution in [2.24, 2.45) is 0 Å². The number of aliphatic hydroxyl groups is 1. The summed E-state index contributed by atoms with van der Waals surface area (Å²) in [6.45, 7) is 2.67. The highest BCUT2D eigenvalue weighted by Crippen LogP contribution is 2.26. The van der Waals surface area contributed by atoms with Gasteiger partial charge in [0.15, 0.2) is 0 Å². The fourth-order valence-corrected chi connectivity index (χ4v) is 3.00. The third-order valence-electron chi connectivity index (χ3n) is 3.19. The zero-order valence-electron chi connectivity index (χ0n) is 12.2. The minimum Gasteiger partial charge on any atom is -0.386 e. The summed E-state index contributed by atoms with van der Waals surface area (Å²) in [7, 11) is 0. The van der Waals surface area contributed by atoms with Crippen molar-refractivity contribution in [3.8, 4) is 0 Å². The van der Waals surface area contributed by atoms with Crippen molar-refractivity contribution in [1.82, 2.24) is 15.6 Å². The molecule has 2 aromatic heterocycles. The lowest BCUT2D eigenvalue weighted by atomic mass is 10.1. The van der Waals surface area contributed by atoms with Crippen molar-refractivity contribution in [1.29, 1.82) is 0 Å². The van der Waals surface area contributed by atoms with Gasteiger partial charge in [-0.25, -0.2) is 4.79 Å². The van der Waals surface area contributed by atoms with Crippen LogP contribution in [-0.2, 0) is 6.42 Å². The number of nitrogens with one attached hydrogen (secondary N) is 2. The zero-order valence-corrected chi connectivity index (χ0v) is 13.7. The van der Waals surface area contributed by atoms with Crippen LogP contribution in [0.4, 0.5) is 4.79 Å². The number of aromatic nitrogens is 1. The standard InChI is InChI=1S/C15H18ClN3O2S/c1-10-8-17-6-4-11(10)5-7-18-15(21)19-9-12(20)13-2-3-14(16)22-13/h2-4,6,8,12,20H,5,7,9H2,1H3,(H2,18,19,21). The molecule has 5 nitrogen and oxygen atoms in total. The number of carbonyl (C=O) groups excluding carboxylic acids is 1. The number of rotatable bonds is 6. The quantitative estimate of drug-likeness (QED) is 0.757. The molecular formula is C15H18ClN3O2S. The molecule has 0 spiro atoms. The van der Waals surface area contributed by atoms with Gasteiger partial charge >= 0.3 is 6.03 Å². The minimum absolute atomic E-state index is 0.150. The molecule has 3 N–H and O–H groups in total. The van der Waals surface area contributed by atoms with Gasteiger partial charge in [0.25, 0.3) is 0 Å². The van der Waals surface area contributed by atoms with Crippen LogP contribution in [0.15, 0.2) is 30.6 Å². The first kappa shape index (κ1) is 16.7. The van der Waals surface area contributed by atoms with E-state index in [1.54, 1.807) is 24.5 Å². The highest BCUT2D eigenvalue weighted by atomic mass is 35.5. The van der Waals surface area contributed by atoms with Crippen LogP contribution in [0.2, 0.25) is 4.34 Å². The maximum atomic E-state index is 11.7. The Morgan fingerprint density at radius 2 is 2.23 bits per heavy atom. The molecule has 0 fully saturated rings. The number of amides is 2. The number of carbonyl (C=O) groups is 1. The lowest BCUT2D eigenvalue weighted by Gasteiger charge is -2.11. The number of aryl methyl sites for hydroxylation is 1. The fourth-order valence-electron chi connectivity index (χ4n) is 1.95. The van der Waals surface area contributed by atoms with Crippen LogP contribution in [0.25, 0.3) is 0 Å². The van der Waals surface area contributed by atoms with E-state index in [1.807, 2.05) is 13.0 Å². The number of halogens is 1. The first-order valence-electron chi connectivity index (χ1n) is 6.90. The van der Waals surface area contributed by atoms with Gasteiger partial charge in [-0.3, -0.25) is 4.98 Å². The SMILES string of the molecule is Cc1cnccc1CCNC(=O)NCC(O)c1ccc(Cl)s1. The Balaban J connectivity index is 1.69. The van der Waals surface area contributed by atoms with Gasteiger partial charge in [-0.15, -0.1) is 11.3 Å². The molecule has 1 atom stereocenters. The Morgan fingerprint density at radius 3 is 2.91 bits per heavy atom. The van der Waals surface area contributed by atoms with Gasteiger partial charge < -0.3 is 15.7 Å². The van der Waals surface area contributed by atoms with Gasteiger partial charge in [0.2, 0.25) is 0 Å². The number of pyridine rings is 1. The Hall–Kier alpha value is -1.63. The molecule has 22 heavy (non-hydrogen) atoms. The number of urea groups is 1. The van der Waals surface area contributed by atoms with Gasteiger partial charge in [-0.05, 0) is 42.7 Å². The van der Waals surface area contributed by atoms with Gasteiger partial charge in [0.05, 0.1) is 10.9 Å². The predicted molar refractivity (Wildman–Crippen MR) is 88.4 cm³/mol. The number of aliphatic hydroxyl groups excluding tert-OH is 1. The second-order valence-electron chi connectivity index (χ2n) is 4.85. The maximum absolute atomic E-state index is 11.7. The Morgan fingerprint density at radius 1 is 1.41 bits per heavy atom. The summed E-state index contributed by atoms with van der Waals surface area (Å²) in [5, 5.41) is 15.3. The second-order valence-corrected chi connectivity index (χ2v) is 6.59. The summed E-state index contributed by atoms with van der Waals surface area (Å²) in [5.74, 6) is 0. The van der Waals surface area contributed by atoms with E-state index in [-0.39, 0.29) is 12.6 Å². The van der Waals surface area contributed by atoms with Gasteiger partial charge in [-0.1, -0.05) is 11.6 Å². The zero-order chi connectivity index (χ0) is 15.9. The lowest BCUT2D eigenvalue weighted by Crippen LogP contribution is -2.38. The molecule has 2 heterocycles. The topological polar surface area (TPSA) is 74.2 Å². The third kappa shape index (κ3) is 4.98. The monoisotopic (exact) mass is 339 g/mol. The van der Waals surface area contributed by atoms with Crippen molar-refractivity contribution >= 4 is 29.0 Å². The van der Waals surface area contributed by atoms with Crippen molar-refractivity contribution in [2.75, 3.05) is 13.1 Å². The maximum Gasteiger partial charge on any atom is 0.314 e. The first-order valence-corrected chi connectivity index (χ1v) is 8.10. The Bertz CT molecular complexity index is 633. The largest absolute Gasteiger partial charge is 0.386 e. The average Bonchev–Trinajstić information content (AvgIpc) is 2.93. The number of hydrogen-bond donors (Lipinski definition) is 3. The summed E-state index contributed by atoms with van der Waals surface area (Å²) in [6, 6.07) is 5.12. The molecule has 0 saturated carbocycles. The highest BCUT2D eigenvalue weighted by Gasteiger charge is 2.11. The van der Waals surface area contributed by atoms with E-state index in [9.17, 15) is 9.90 Å². The van der Waals surface area contributed by atoms with Crippen LogP contribution >= 0.6 is 22.9 Å². The van der Waals surface area contributed by atoms with E-state index in [4.69, 9.17) is 11.6 Å². The second kappa shape index (κ2) is 8.12. The van der Waals surface area contributed by atoms with E-state index in [2.05, 4.69) is 15.6 Å². The molecular weight excluding hydrogens is 322 g/mol. The van der Waals surface area contributed by atoms with Crippen LogP contribution in [0.5, 0.6) is 0 Å². The average molecular weight is 340 g/mol. The summed E-state index contributed by atoms with van der Waals surface area (Å²) < 4.78 is 0.617. The van der Waals surface area contributed by atoms with E-state index in [0.29, 0.717) is 10.9 Å². The normalized spacial score (nSPS) is 12.0. The van der Waals surface area contributed by atoms with E-state index in [0.717, 1.165) is 22.4 Å². The molecule has 0 radical (unpaired) electrons. The predicted octanol–water partition coefficient (Wildman–Crippen LogP) is 2.68. The molecule has 2 aromatic rings. The van der Waals surface area contributed by atoms with E-state index < -0.39 is 6.10 Å². The van der Waals surface area contributed by atoms with Crippen LogP contribution in [0.3, 0.4) is 0 Å². The number of thiophene rings is 1. The van der Waals surface area contributed by atoms with Crippen molar-refractivity contribution in [3.63, 3.8) is 0 Å². The van der Waals surface area contributed by atoms with Gasteiger partial charge in [0, 0.05) is 23.8 Å². The smallest absolute Gasteiger partial charge is 0.314 e. The van der Waals surface area contributed by atoms with Crippen LogP contribution in [0, 0.1) is 6.92 Å². The molecule has 2 amide bonds. The summed E-state index contributed by atoms with van der Waals surface area (Å²) in [5.41, 5.74) is 2.26. The molecule has 0 saturated heterocycles. The van der Waals surface area contributed by atoms with Crippen molar-refractivity contribution in [3.05, 3.63) is 50.9 Å². The first-order chi connectivity index (χ1) is 10.6. The molecule has 7 heteroatoms.